The van der Waals surface area contributed by atoms with E-state index in [0.717, 1.165) is 31.7 Å². The van der Waals surface area contributed by atoms with Gasteiger partial charge in [0.25, 0.3) is 11.5 Å². The maximum atomic E-state index is 12.6. The van der Waals surface area contributed by atoms with E-state index in [2.05, 4.69) is 27.2 Å². The van der Waals surface area contributed by atoms with Gasteiger partial charge in [0.2, 0.25) is 0 Å². The molecule has 0 radical (unpaired) electrons. The molecule has 9 heteroatoms. The number of carbonyl (C=O) groups excluding carboxylic acids is 1. The number of nitrogens with one attached hydrogen (secondary N) is 1. The van der Waals surface area contributed by atoms with Crippen molar-refractivity contribution in [1.82, 2.24) is 19.7 Å². The highest BCUT2D eigenvalue weighted by molar-refractivity contribution is 7.15. The molecule has 1 aromatic carbocycles. The van der Waals surface area contributed by atoms with E-state index in [1.807, 2.05) is 30.3 Å². The molecule has 4 rings (SSSR count). The summed E-state index contributed by atoms with van der Waals surface area (Å²) in [6.07, 6.45) is 0.889. The number of hydrogen-bond acceptors (Lipinski definition) is 7. The molecule has 30 heavy (non-hydrogen) atoms. The molecule has 0 aliphatic carbocycles. The van der Waals surface area contributed by atoms with Crippen molar-refractivity contribution in [2.24, 2.45) is 0 Å². The highest BCUT2D eigenvalue weighted by Gasteiger charge is 2.21. The summed E-state index contributed by atoms with van der Waals surface area (Å²) in [6, 6.07) is 12.1. The number of amides is 1. The molecule has 156 valence electrons. The Labute approximate surface area is 178 Å². The standard InChI is InChI=1S/C21H23N5O3S/c1-2-25-11-10-16-18(14-25)30-21(22-16)23-20(28)17-8-9-19(27)26(24-17)12-13-29-15-6-4-3-5-7-15/h3-9H,2,10-14H2,1H3,(H,22,23,28). The van der Waals surface area contributed by atoms with Crippen molar-refractivity contribution in [3.63, 3.8) is 0 Å². The van der Waals surface area contributed by atoms with E-state index in [1.165, 1.54) is 33.0 Å². The van der Waals surface area contributed by atoms with Gasteiger partial charge in [0, 0.05) is 30.5 Å². The van der Waals surface area contributed by atoms with E-state index in [-0.39, 0.29) is 30.3 Å². The van der Waals surface area contributed by atoms with E-state index in [0.29, 0.717) is 10.9 Å². The topological polar surface area (TPSA) is 89.4 Å². The van der Waals surface area contributed by atoms with Gasteiger partial charge < -0.3 is 4.74 Å². The molecular weight excluding hydrogens is 402 g/mol. The molecule has 2 aromatic heterocycles. The fourth-order valence-electron chi connectivity index (χ4n) is 3.23. The van der Waals surface area contributed by atoms with Gasteiger partial charge in [-0.15, -0.1) is 11.3 Å². The summed E-state index contributed by atoms with van der Waals surface area (Å²) in [5, 5.41) is 7.57. The number of fused-ring (bicyclic) bond motifs is 1. The minimum absolute atomic E-state index is 0.165. The summed E-state index contributed by atoms with van der Waals surface area (Å²) < 4.78 is 6.85. The number of benzene rings is 1. The van der Waals surface area contributed by atoms with E-state index in [1.54, 1.807) is 0 Å². The van der Waals surface area contributed by atoms with Crippen molar-refractivity contribution >= 4 is 22.4 Å². The Hall–Kier alpha value is -3.04. The van der Waals surface area contributed by atoms with Gasteiger partial charge in [-0.25, -0.2) is 9.67 Å². The molecule has 0 atom stereocenters. The molecule has 0 unspecified atom stereocenters. The Morgan fingerprint density at radius 2 is 2.07 bits per heavy atom. The van der Waals surface area contributed by atoms with Crippen LogP contribution in [0.25, 0.3) is 0 Å². The molecule has 0 saturated heterocycles. The van der Waals surface area contributed by atoms with Crippen molar-refractivity contribution in [3.05, 3.63) is 69.1 Å². The second-order valence-corrected chi connectivity index (χ2v) is 7.99. The number of anilines is 1. The van der Waals surface area contributed by atoms with E-state index in [9.17, 15) is 9.59 Å². The average Bonchev–Trinajstić information content (AvgIpc) is 3.17. The van der Waals surface area contributed by atoms with Gasteiger partial charge in [-0.05, 0) is 24.7 Å². The zero-order valence-electron chi connectivity index (χ0n) is 16.7. The van der Waals surface area contributed by atoms with Gasteiger partial charge in [0.15, 0.2) is 5.13 Å². The second kappa shape index (κ2) is 9.19. The van der Waals surface area contributed by atoms with Crippen LogP contribution in [0, 0.1) is 0 Å². The number of nitrogens with zero attached hydrogens (tertiary/aromatic N) is 4. The zero-order chi connectivity index (χ0) is 20.9. The quantitative estimate of drug-likeness (QED) is 0.625. The first-order valence-electron chi connectivity index (χ1n) is 9.90. The normalized spacial score (nSPS) is 13.6. The molecule has 3 heterocycles. The third-order valence-electron chi connectivity index (χ3n) is 4.89. The molecule has 0 spiro atoms. The lowest BCUT2D eigenvalue weighted by molar-refractivity contribution is 0.101. The van der Waals surface area contributed by atoms with Crippen LogP contribution in [0.5, 0.6) is 5.75 Å². The van der Waals surface area contributed by atoms with Crippen LogP contribution in [0.15, 0.2) is 47.3 Å². The number of likely N-dealkylation sites (N-methyl/N-ethyl adjacent to an activating group) is 1. The van der Waals surface area contributed by atoms with Crippen molar-refractivity contribution in [2.75, 3.05) is 25.0 Å². The largest absolute Gasteiger partial charge is 0.492 e. The van der Waals surface area contributed by atoms with Crippen molar-refractivity contribution in [2.45, 2.75) is 26.4 Å². The molecule has 1 aliphatic heterocycles. The summed E-state index contributed by atoms with van der Waals surface area (Å²) in [5.41, 5.74) is 0.932. The zero-order valence-corrected chi connectivity index (χ0v) is 17.5. The molecule has 0 fully saturated rings. The number of hydrogen-bond donors (Lipinski definition) is 1. The monoisotopic (exact) mass is 425 g/mol. The molecule has 0 bridgehead atoms. The predicted molar refractivity (Wildman–Crippen MR) is 115 cm³/mol. The summed E-state index contributed by atoms with van der Waals surface area (Å²) in [4.78, 5) is 32.8. The van der Waals surface area contributed by atoms with Crippen LogP contribution in [0.2, 0.25) is 0 Å². The fraction of sp³-hybridized carbons (Fsp3) is 0.333. The van der Waals surface area contributed by atoms with Crippen molar-refractivity contribution in [3.8, 4) is 5.75 Å². The minimum atomic E-state index is -0.383. The first-order chi connectivity index (χ1) is 14.6. The van der Waals surface area contributed by atoms with Gasteiger partial charge in [-0.1, -0.05) is 25.1 Å². The first-order valence-corrected chi connectivity index (χ1v) is 10.7. The lowest BCUT2D eigenvalue weighted by atomic mass is 10.2. The number of ether oxygens (including phenoxy) is 1. The maximum absolute atomic E-state index is 12.6. The van der Waals surface area contributed by atoms with Crippen LogP contribution in [-0.2, 0) is 19.5 Å². The SMILES string of the molecule is CCN1CCc2nc(NC(=O)c3ccc(=O)n(CCOc4ccccc4)n3)sc2C1. The Morgan fingerprint density at radius 3 is 2.87 bits per heavy atom. The number of carbonyl (C=O) groups is 1. The van der Waals surface area contributed by atoms with Gasteiger partial charge in [-0.2, -0.15) is 5.10 Å². The first kappa shape index (κ1) is 20.2. The summed E-state index contributed by atoms with van der Waals surface area (Å²) in [6.45, 7) is 5.50. The molecular formula is C21H23N5O3S. The maximum Gasteiger partial charge on any atom is 0.277 e. The van der Waals surface area contributed by atoms with Gasteiger partial charge in [0.1, 0.15) is 18.1 Å². The van der Waals surface area contributed by atoms with Crippen LogP contribution >= 0.6 is 11.3 Å². The van der Waals surface area contributed by atoms with Crippen LogP contribution < -0.4 is 15.6 Å². The fourth-order valence-corrected chi connectivity index (χ4v) is 4.28. The number of para-hydroxylation sites is 1. The Bertz CT molecular complexity index is 1080. The highest BCUT2D eigenvalue weighted by Crippen LogP contribution is 2.28. The molecule has 1 aliphatic rings. The van der Waals surface area contributed by atoms with E-state index >= 15 is 0 Å². The number of aromatic nitrogens is 3. The lowest BCUT2D eigenvalue weighted by Crippen LogP contribution is -2.29. The van der Waals surface area contributed by atoms with Crippen LogP contribution in [-0.4, -0.2) is 45.3 Å². The Balaban J connectivity index is 1.40. The third kappa shape index (κ3) is 4.74. The minimum Gasteiger partial charge on any atom is -0.492 e. The third-order valence-corrected chi connectivity index (χ3v) is 5.89. The van der Waals surface area contributed by atoms with Crippen LogP contribution in [0.4, 0.5) is 5.13 Å². The molecule has 3 aromatic rings. The van der Waals surface area contributed by atoms with Gasteiger partial charge >= 0.3 is 0 Å². The van der Waals surface area contributed by atoms with Crippen LogP contribution in [0.3, 0.4) is 0 Å². The number of thiazole rings is 1. The van der Waals surface area contributed by atoms with Crippen LogP contribution in [0.1, 0.15) is 28.0 Å². The summed E-state index contributed by atoms with van der Waals surface area (Å²) >= 11 is 1.50. The molecule has 1 amide bonds. The predicted octanol–water partition coefficient (Wildman–Crippen LogP) is 2.41. The molecule has 1 N–H and O–H groups in total. The lowest BCUT2D eigenvalue weighted by Gasteiger charge is -2.23. The van der Waals surface area contributed by atoms with E-state index in [4.69, 9.17) is 4.74 Å². The average molecular weight is 426 g/mol. The molecule has 0 saturated carbocycles. The molecule has 8 nitrogen and oxygen atoms in total. The van der Waals surface area contributed by atoms with Crippen molar-refractivity contribution in [1.29, 1.82) is 0 Å². The van der Waals surface area contributed by atoms with Gasteiger partial charge in [-0.3, -0.25) is 19.8 Å². The smallest absolute Gasteiger partial charge is 0.277 e. The summed E-state index contributed by atoms with van der Waals surface area (Å²) in [7, 11) is 0. The van der Waals surface area contributed by atoms with Crippen molar-refractivity contribution < 1.29 is 9.53 Å². The van der Waals surface area contributed by atoms with E-state index < -0.39 is 0 Å². The number of rotatable bonds is 7. The van der Waals surface area contributed by atoms with Gasteiger partial charge in [0.05, 0.1) is 12.2 Å². The second-order valence-electron chi connectivity index (χ2n) is 6.90. The Kier molecular flexibility index (Phi) is 6.20. The Morgan fingerprint density at radius 1 is 1.23 bits per heavy atom. The summed E-state index contributed by atoms with van der Waals surface area (Å²) in [5.74, 6) is 0.333. The highest BCUT2D eigenvalue weighted by atomic mass is 32.1.